The molecule has 2 aliphatic carbocycles. The largest absolute Gasteiger partial charge is 0.272 e. The Morgan fingerprint density at radius 1 is 1.15 bits per heavy atom. The maximum absolute atomic E-state index is 12.4. The van der Waals surface area contributed by atoms with E-state index in [1.807, 2.05) is 6.92 Å². The summed E-state index contributed by atoms with van der Waals surface area (Å²) < 4.78 is 0. The van der Waals surface area contributed by atoms with Crippen molar-refractivity contribution in [2.24, 2.45) is 11.8 Å². The lowest BCUT2D eigenvalue weighted by molar-refractivity contribution is -0.190. The smallest absolute Gasteiger partial charge is 0.259 e. The van der Waals surface area contributed by atoms with Crippen LogP contribution in [0.25, 0.3) is 0 Å². The summed E-state index contributed by atoms with van der Waals surface area (Å²) in [6, 6.07) is 0. The van der Waals surface area contributed by atoms with Gasteiger partial charge in [-0.15, -0.1) is 23.2 Å². The monoisotopic (exact) mass is 357 g/mol. The van der Waals surface area contributed by atoms with Crippen LogP contribution in [-0.4, -0.2) is 33.2 Å². The highest BCUT2D eigenvalue weighted by Gasteiger charge is 2.76. The van der Waals surface area contributed by atoms with Gasteiger partial charge in [-0.2, -0.15) is 5.06 Å². The zero-order chi connectivity index (χ0) is 14.9. The highest BCUT2D eigenvalue weighted by Crippen LogP contribution is 2.69. The van der Waals surface area contributed by atoms with Crippen LogP contribution < -0.4 is 0 Å². The van der Waals surface area contributed by atoms with Gasteiger partial charge in [0.2, 0.25) is 0 Å². The molecular weight excluding hydrogens is 348 g/mol. The van der Waals surface area contributed by atoms with E-state index >= 15 is 0 Å². The van der Waals surface area contributed by atoms with Crippen LogP contribution >= 0.6 is 46.4 Å². The van der Waals surface area contributed by atoms with Crippen molar-refractivity contribution in [2.45, 2.75) is 29.5 Å². The van der Waals surface area contributed by atoms with E-state index in [2.05, 4.69) is 0 Å². The number of amides is 2. The Labute approximate surface area is 135 Å². The Kier molecular flexibility index (Phi) is 3.35. The summed E-state index contributed by atoms with van der Waals surface area (Å²) in [5.74, 6) is -2.62. The predicted octanol–water partition coefficient (Wildman–Crippen LogP) is 2.99. The lowest BCUT2D eigenvalue weighted by Crippen LogP contribution is -2.38. The van der Waals surface area contributed by atoms with Crippen LogP contribution in [0.2, 0.25) is 0 Å². The van der Waals surface area contributed by atoms with E-state index in [0.717, 1.165) is 5.06 Å². The Morgan fingerprint density at radius 2 is 1.60 bits per heavy atom. The molecule has 0 N–H and O–H groups in total. The molecule has 0 aromatic rings. The molecule has 2 fully saturated rings. The minimum absolute atomic E-state index is 0.163. The van der Waals surface area contributed by atoms with Crippen LogP contribution in [0.1, 0.15) is 19.8 Å². The van der Waals surface area contributed by atoms with Crippen LogP contribution in [0.5, 0.6) is 0 Å². The van der Waals surface area contributed by atoms with E-state index in [0.29, 0.717) is 6.42 Å². The fourth-order valence-corrected chi connectivity index (χ4v) is 5.18. The molecule has 1 saturated heterocycles. The lowest BCUT2D eigenvalue weighted by atomic mass is 9.84. The zero-order valence-corrected chi connectivity index (χ0v) is 13.5. The highest BCUT2D eigenvalue weighted by molar-refractivity contribution is 6.52. The minimum Gasteiger partial charge on any atom is -0.272 e. The number of imide groups is 1. The molecule has 2 bridgehead atoms. The molecule has 0 aromatic carbocycles. The summed E-state index contributed by atoms with van der Waals surface area (Å²) in [4.78, 5) is 27.6. The number of hydrogen-bond donors (Lipinski definition) is 0. The molecule has 1 aliphatic heterocycles. The Morgan fingerprint density at radius 3 is 2.00 bits per heavy atom. The number of hydroxylamine groups is 2. The van der Waals surface area contributed by atoms with Crippen molar-refractivity contribution in [1.82, 2.24) is 5.06 Å². The van der Waals surface area contributed by atoms with Gasteiger partial charge in [-0.25, -0.2) is 0 Å². The molecule has 4 unspecified atom stereocenters. The summed E-state index contributed by atoms with van der Waals surface area (Å²) in [7, 11) is 0. The Bertz CT molecular complexity index is 509. The van der Waals surface area contributed by atoms with E-state index in [1.54, 1.807) is 0 Å². The molecule has 0 spiro atoms. The summed E-state index contributed by atoms with van der Waals surface area (Å²) in [5, 5.41) is 1.09. The first-order chi connectivity index (χ1) is 9.29. The maximum atomic E-state index is 12.4. The third-order valence-corrected chi connectivity index (χ3v) is 6.57. The van der Waals surface area contributed by atoms with Crippen molar-refractivity contribution in [1.29, 1.82) is 0 Å². The van der Waals surface area contributed by atoms with E-state index in [-0.39, 0.29) is 23.1 Å². The van der Waals surface area contributed by atoms with Crippen LogP contribution in [-0.2, 0) is 14.4 Å². The maximum Gasteiger partial charge on any atom is 0.259 e. The standard InChI is InChI=1S/C12H11Cl4NO3/c1-2-3-20-17-9(18)5-6(10(17)19)12(16)4-11(5,15)7(13)8(12)14/h5-6H,2-4H2,1H3. The molecular formula is C12H11Cl4NO3. The van der Waals surface area contributed by atoms with Crippen molar-refractivity contribution in [3.63, 3.8) is 0 Å². The van der Waals surface area contributed by atoms with Crippen molar-refractivity contribution < 1.29 is 14.4 Å². The number of carbonyl (C=O) groups is 2. The third-order valence-electron chi connectivity index (χ3n) is 4.11. The van der Waals surface area contributed by atoms with E-state index < -0.39 is 33.4 Å². The molecule has 1 heterocycles. The number of halogens is 4. The normalized spacial score (nSPS) is 43.0. The Hall–Kier alpha value is -0.000000000000000167. The summed E-state index contributed by atoms with van der Waals surface area (Å²) in [5.41, 5.74) is 0. The number of nitrogens with zero attached hydrogens (tertiary/aromatic N) is 1. The van der Waals surface area contributed by atoms with E-state index in [9.17, 15) is 9.59 Å². The van der Waals surface area contributed by atoms with Gasteiger partial charge >= 0.3 is 0 Å². The fraction of sp³-hybridized carbons (Fsp3) is 0.667. The molecule has 2 amide bonds. The van der Waals surface area contributed by atoms with Gasteiger partial charge in [0.05, 0.1) is 38.3 Å². The number of hydrogen-bond acceptors (Lipinski definition) is 3. The fourth-order valence-electron chi connectivity index (χ4n) is 3.26. The molecule has 3 aliphatic rings. The predicted molar refractivity (Wildman–Crippen MR) is 75.6 cm³/mol. The minimum atomic E-state index is -1.21. The summed E-state index contributed by atoms with van der Waals surface area (Å²) in [6.45, 7) is 2.13. The van der Waals surface area contributed by atoms with Crippen LogP contribution in [0.3, 0.4) is 0 Å². The van der Waals surface area contributed by atoms with Gasteiger partial charge in [0, 0.05) is 0 Å². The average molecular weight is 359 g/mol. The second-order valence-corrected chi connectivity index (χ2v) is 7.39. The van der Waals surface area contributed by atoms with Crippen LogP contribution in [0.15, 0.2) is 10.1 Å². The van der Waals surface area contributed by atoms with Gasteiger partial charge in [-0.3, -0.25) is 14.4 Å². The first kappa shape index (κ1) is 14.9. The average Bonchev–Trinajstić information content (AvgIpc) is 2.86. The summed E-state index contributed by atoms with van der Waals surface area (Å²) >= 11 is 25.2. The SMILES string of the molecule is CCCON1C(=O)C2C(C1=O)C1(Cl)CC2(Cl)C(Cl)=C1Cl. The van der Waals surface area contributed by atoms with Crippen LogP contribution in [0.4, 0.5) is 0 Å². The van der Waals surface area contributed by atoms with Gasteiger partial charge in [-0.1, -0.05) is 30.1 Å². The van der Waals surface area contributed by atoms with Gasteiger partial charge < -0.3 is 0 Å². The molecule has 110 valence electrons. The molecule has 0 radical (unpaired) electrons. The molecule has 3 rings (SSSR count). The Balaban J connectivity index is 2.03. The van der Waals surface area contributed by atoms with E-state index in [4.69, 9.17) is 51.2 Å². The molecule has 8 heteroatoms. The van der Waals surface area contributed by atoms with Crippen molar-refractivity contribution in [3.05, 3.63) is 10.1 Å². The van der Waals surface area contributed by atoms with Crippen molar-refractivity contribution in [3.8, 4) is 0 Å². The first-order valence-corrected chi connectivity index (χ1v) is 7.75. The zero-order valence-electron chi connectivity index (χ0n) is 10.5. The molecule has 4 nitrogen and oxygen atoms in total. The number of alkyl halides is 2. The summed E-state index contributed by atoms with van der Waals surface area (Å²) in [6.07, 6.45) is 0.847. The first-order valence-electron chi connectivity index (χ1n) is 6.23. The second kappa shape index (κ2) is 4.50. The lowest BCUT2D eigenvalue weighted by Gasteiger charge is -2.28. The van der Waals surface area contributed by atoms with Crippen molar-refractivity contribution in [2.75, 3.05) is 6.61 Å². The molecule has 20 heavy (non-hydrogen) atoms. The highest BCUT2D eigenvalue weighted by atomic mass is 35.5. The molecule has 1 saturated carbocycles. The van der Waals surface area contributed by atoms with Crippen LogP contribution in [0, 0.1) is 11.8 Å². The molecule has 4 atom stereocenters. The second-order valence-electron chi connectivity index (χ2n) is 5.29. The molecule has 0 aromatic heterocycles. The van der Waals surface area contributed by atoms with E-state index in [1.165, 1.54) is 0 Å². The van der Waals surface area contributed by atoms with Gasteiger partial charge in [0.25, 0.3) is 11.8 Å². The van der Waals surface area contributed by atoms with Crippen molar-refractivity contribution >= 4 is 58.2 Å². The third kappa shape index (κ3) is 1.55. The number of rotatable bonds is 3. The van der Waals surface area contributed by atoms with Gasteiger partial charge in [-0.05, 0) is 12.8 Å². The quantitative estimate of drug-likeness (QED) is 0.575. The number of allylic oxidation sites excluding steroid dienone is 2. The number of carbonyl (C=O) groups excluding carboxylic acids is 2. The van der Waals surface area contributed by atoms with Gasteiger partial charge in [0.1, 0.15) is 0 Å². The number of fused-ring (bicyclic) bond motifs is 5. The topological polar surface area (TPSA) is 46.6 Å². The van der Waals surface area contributed by atoms with Gasteiger partial charge in [0.15, 0.2) is 0 Å².